The van der Waals surface area contributed by atoms with Crippen molar-refractivity contribution in [3.63, 3.8) is 0 Å². The van der Waals surface area contributed by atoms with Gasteiger partial charge in [0.15, 0.2) is 11.6 Å². The van der Waals surface area contributed by atoms with Crippen molar-refractivity contribution < 1.29 is 29.1 Å². The molecule has 3 aliphatic rings. The van der Waals surface area contributed by atoms with Gasteiger partial charge < -0.3 is 5.11 Å². The summed E-state index contributed by atoms with van der Waals surface area (Å²) in [5.41, 5.74) is -1.96. The summed E-state index contributed by atoms with van der Waals surface area (Å²) in [7, 11) is 0. The second kappa shape index (κ2) is 4.56. The van der Waals surface area contributed by atoms with Gasteiger partial charge in [-0.1, -0.05) is 0 Å². The van der Waals surface area contributed by atoms with Crippen molar-refractivity contribution in [2.45, 2.75) is 6.10 Å². The first-order valence-corrected chi connectivity index (χ1v) is 6.82. The van der Waals surface area contributed by atoms with Gasteiger partial charge in [-0.3, -0.25) is 24.0 Å². The quantitative estimate of drug-likeness (QED) is 0.628. The normalized spacial score (nSPS) is 21.9. The predicted molar refractivity (Wildman–Crippen MR) is 76.2 cm³/mol. The number of ketones is 5. The van der Waals surface area contributed by atoms with Gasteiger partial charge in [-0.15, -0.1) is 0 Å². The van der Waals surface area contributed by atoms with E-state index in [4.69, 9.17) is 0 Å². The minimum atomic E-state index is -1.87. The van der Waals surface area contributed by atoms with Crippen molar-refractivity contribution in [2.24, 2.45) is 0 Å². The fraction of sp³-hybridized carbons (Fsp3) is 0.0625. The van der Waals surface area contributed by atoms with Gasteiger partial charge in [0.05, 0.1) is 5.57 Å². The molecule has 1 heterocycles. The summed E-state index contributed by atoms with van der Waals surface area (Å²) in [4.78, 5) is 68.0. The third-order valence-electron chi connectivity index (χ3n) is 3.91. The van der Waals surface area contributed by atoms with E-state index in [1.54, 1.807) is 0 Å². The van der Waals surface area contributed by atoms with E-state index in [2.05, 4.69) is 9.97 Å². The Balaban J connectivity index is 2.08. The van der Waals surface area contributed by atoms with E-state index in [-0.39, 0.29) is 28.2 Å². The van der Waals surface area contributed by atoms with E-state index in [9.17, 15) is 29.1 Å². The minimum Gasteiger partial charge on any atom is -0.380 e. The molecule has 0 aliphatic heterocycles. The molecule has 3 aliphatic carbocycles. The van der Waals surface area contributed by atoms with E-state index in [0.29, 0.717) is 0 Å². The summed E-state index contributed by atoms with van der Waals surface area (Å²) < 4.78 is 0. The first kappa shape index (κ1) is 14.2. The van der Waals surface area contributed by atoms with E-state index in [1.165, 1.54) is 0 Å². The standard InChI is InChI=1S/C16H6N2O6/c19-5-1-2-6(20)10-9(5)13-14(16(24)15(10)23)18-12-8(22)4-3-7(21)11(12)17-13/h1-4,15,23H. The molecule has 0 bridgehead atoms. The number of Topliss-reactive ketones (excluding diaryl/α,β-unsaturated/α-hetero) is 1. The average Bonchev–Trinajstić information content (AvgIpc) is 2.57. The van der Waals surface area contributed by atoms with Crippen LogP contribution in [0.25, 0.3) is 5.57 Å². The molecule has 4 rings (SSSR count). The Labute approximate surface area is 133 Å². The number of hydrogen-bond donors (Lipinski definition) is 1. The third-order valence-corrected chi connectivity index (χ3v) is 3.91. The average molecular weight is 322 g/mol. The lowest BCUT2D eigenvalue weighted by atomic mass is 9.81. The Morgan fingerprint density at radius 1 is 0.667 bits per heavy atom. The van der Waals surface area contributed by atoms with Crippen LogP contribution in [0.3, 0.4) is 0 Å². The van der Waals surface area contributed by atoms with Crippen molar-refractivity contribution in [2.75, 3.05) is 0 Å². The molecular weight excluding hydrogens is 316 g/mol. The molecule has 1 atom stereocenters. The molecule has 0 saturated heterocycles. The lowest BCUT2D eigenvalue weighted by Gasteiger charge is -2.25. The number of carbonyl (C=O) groups excluding carboxylic acids is 5. The summed E-state index contributed by atoms with van der Waals surface area (Å²) in [6, 6.07) is 0. The van der Waals surface area contributed by atoms with E-state index in [0.717, 1.165) is 24.3 Å². The van der Waals surface area contributed by atoms with Gasteiger partial charge >= 0.3 is 0 Å². The molecule has 0 aromatic carbocycles. The van der Waals surface area contributed by atoms with Gasteiger partial charge in [-0.2, -0.15) is 0 Å². The van der Waals surface area contributed by atoms with Crippen LogP contribution in [0.15, 0.2) is 29.9 Å². The van der Waals surface area contributed by atoms with E-state index < -0.39 is 40.7 Å². The van der Waals surface area contributed by atoms with Gasteiger partial charge in [0.1, 0.15) is 28.9 Å². The molecule has 1 unspecified atom stereocenters. The SMILES string of the molecule is O=C1C=CC(=O)C2=C1c1nc3c(nc1C(=O)C2O)C(=O)C=CC3=O. The summed E-state index contributed by atoms with van der Waals surface area (Å²) in [5, 5.41) is 10.1. The van der Waals surface area contributed by atoms with Crippen LogP contribution >= 0.6 is 0 Å². The molecule has 0 saturated carbocycles. The molecule has 0 spiro atoms. The molecule has 0 radical (unpaired) electrons. The first-order valence-electron chi connectivity index (χ1n) is 6.82. The van der Waals surface area contributed by atoms with Crippen LogP contribution in [0, 0.1) is 0 Å². The van der Waals surface area contributed by atoms with Crippen LogP contribution in [0.5, 0.6) is 0 Å². The number of aromatic nitrogens is 2. The lowest BCUT2D eigenvalue weighted by molar-refractivity contribution is -0.114. The molecule has 0 fully saturated rings. The summed E-state index contributed by atoms with van der Waals surface area (Å²) in [6.45, 7) is 0. The maximum atomic E-state index is 12.3. The number of nitrogens with zero attached hydrogens (tertiary/aromatic N) is 2. The highest BCUT2D eigenvalue weighted by molar-refractivity contribution is 6.39. The fourth-order valence-electron chi connectivity index (χ4n) is 2.79. The van der Waals surface area contributed by atoms with Crippen LogP contribution in [0.4, 0.5) is 0 Å². The molecular formula is C16H6N2O6. The Kier molecular flexibility index (Phi) is 2.70. The van der Waals surface area contributed by atoms with Gasteiger partial charge in [-0.05, 0) is 24.3 Å². The van der Waals surface area contributed by atoms with Crippen molar-refractivity contribution in [3.8, 4) is 0 Å². The summed E-state index contributed by atoms with van der Waals surface area (Å²) in [5.74, 6) is -3.52. The number of aliphatic hydroxyl groups is 1. The third kappa shape index (κ3) is 1.68. The zero-order valence-electron chi connectivity index (χ0n) is 11.8. The number of rotatable bonds is 0. The number of hydrogen-bond acceptors (Lipinski definition) is 8. The maximum absolute atomic E-state index is 12.3. The number of allylic oxidation sites excluding steroid dienone is 5. The van der Waals surface area contributed by atoms with Crippen LogP contribution < -0.4 is 0 Å². The molecule has 1 aromatic heterocycles. The summed E-state index contributed by atoms with van der Waals surface area (Å²) in [6.07, 6.45) is 2.08. The Morgan fingerprint density at radius 3 is 1.79 bits per heavy atom. The minimum absolute atomic E-state index is 0.266. The monoisotopic (exact) mass is 322 g/mol. The molecule has 116 valence electrons. The highest BCUT2D eigenvalue weighted by Gasteiger charge is 2.42. The second-order valence-corrected chi connectivity index (χ2v) is 5.30. The number of aliphatic hydroxyl groups excluding tert-OH is 1. The van der Waals surface area contributed by atoms with E-state index in [1.807, 2.05) is 0 Å². The van der Waals surface area contributed by atoms with Gasteiger partial charge in [-0.25, -0.2) is 9.97 Å². The molecule has 24 heavy (non-hydrogen) atoms. The van der Waals surface area contributed by atoms with Crippen LogP contribution in [-0.2, 0) is 9.59 Å². The second-order valence-electron chi connectivity index (χ2n) is 5.30. The Morgan fingerprint density at radius 2 is 1.17 bits per heavy atom. The molecule has 1 aromatic rings. The zero-order valence-corrected chi connectivity index (χ0v) is 11.8. The van der Waals surface area contributed by atoms with Crippen LogP contribution in [0.1, 0.15) is 37.2 Å². The fourth-order valence-corrected chi connectivity index (χ4v) is 2.79. The number of fused-ring (bicyclic) bond motifs is 3. The van der Waals surface area contributed by atoms with Crippen molar-refractivity contribution >= 4 is 34.5 Å². The maximum Gasteiger partial charge on any atom is 0.216 e. The Hall–Kier alpha value is -3.39. The van der Waals surface area contributed by atoms with E-state index >= 15 is 0 Å². The smallest absolute Gasteiger partial charge is 0.216 e. The molecule has 8 nitrogen and oxygen atoms in total. The molecule has 8 heteroatoms. The predicted octanol–water partition coefficient (Wildman–Crippen LogP) is -0.569. The van der Waals surface area contributed by atoms with Crippen molar-refractivity contribution in [1.29, 1.82) is 0 Å². The van der Waals surface area contributed by atoms with Crippen LogP contribution in [0.2, 0.25) is 0 Å². The Bertz CT molecular complexity index is 1010. The zero-order chi connectivity index (χ0) is 17.2. The topological polar surface area (TPSA) is 131 Å². The van der Waals surface area contributed by atoms with Gasteiger partial charge in [0.2, 0.25) is 17.3 Å². The van der Waals surface area contributed by atoms with Crippen molar-refractivity contribution in [1.82, 2.24) is 9.97 Å². The molecule has 1 N–H and O–H groups in total. The van der Waals surface area contributed by atoms with Crippen molar-refractivity contribution in [3.05, 3.63) is 52.7 Å². The number of carbonyl (C=O) groups is 5. The molecule has 0 amide bonds. The first-order chi connectivity index (χ1) is 11.4. The highest BCUT2D eigenvalue weighted by atomic mass is 16.3. The lowest BCUT2D eigenvalue weighted by Crippen LogP contribution is -2.37. The largest absolute Gasteiger partial charge is 0.380 e. The highest BCUT2D eigenvalue weighted by Crippen LogP contribution is 2.34. The van der Waals surface area contributed by atoms with Gasteiger partial charge in [0.25, 0.3) is 0 Å². The van der Waals surface area contributed by atoms with Gasteiger partial charge in [0, 0.05) is 5.57 Å². The summed E-state index contributed by atoms with van der Waals surface area (Å²) >= 11 is 0. The van der Waals surface area contributed by atoms with Crippen LogP contribution in [-0.4, -0.2) is 50.1 Å².